The molecule has 0 radical (unpaired) electrons. The Hall–Kier alpha value is -2.15. The molecule has 7 heteroatoms. The molecule has 0 atom stereocenters. The van der Waals surface area contributed by atoms with Crippen molar-refractivity contribution in [3.05, 3.63) is 34.9 Å². The molecule has 0 bridgehead atoms. The van der Waals surface area contributed by atoms with E-state index in [0.717, 1.165) is 0 Å². The summed E-state index contributed by atoms with van der Waals surface area (Å²) in [6.45, 7) is 4.37. The third kappa shape index (κ3) is 2.82. The van der Waals surface area contributed by atoms with Crippen LogP contribution in [0.1, 0.15) is 26.7 Å². The van der Waals surface area contributed by atoms with Crippen molar-refractivity contribution < 1.29 is 9.90 Å². The maximum Gasteiger partial charge on any atom is 0.350 e. The lowest BCUT2D eigenvalue weighted by Crippen LogP contribution is -2.52. The molecular formula is C14H20N4O3. The average Bonchev–Trinajstić information content (AvgIpc) is 2.81. The molecule has 2 aromatic heterocycles. The van der Waals surface area contributed by atoms with Crippen LogP contribution in [-0.2, 0) is 11.3 Å². The third-order valence-electron chi connectivity index (χ3n) is 3.89. The summed E-state index contributed by atoms with van der Waals surface area (Å²) in [7, 11) is 0. The summed E-state index contributed by atoms with van der Waals surface area (Å²) in [5.74, 6) is -0.866. The Kier molecular flexibility index (Phi) is 4.42. The minimum Gasteiger partial charge on any atom is -0.480 e. The predicted octanol–water partition coefficient (Wildman–Crippen LogP) is 0.729. The molecule has 0 aromatic carbocycles. The van der Waals surface area contributed by atoms with Crippen LogP contribution in [0.25, 0.3) is 5.65 Å². The highest BCUT2D eigenvalue weighted by Crippen LogP contribution is 2.14. The number of nitrogens with one attached hydrogen (secondary N) is 1. The molecule has 21 heavy (non-hydrogen) atoms. The molecule has 2 rings (SSSR count). The molecule has 0 fully saturated rings. The van der Waals surface area contributed by atoms with Crippen molar-refractivity contribution >= 4 is 11.6 Å². The van der Waals surface area contributed by atoms with E-state index < -0.39 is 11.5 Å². The number of hydrogen-bond acceptors (Lipinski definition) is 4. The van der Waals surface area contributed by atoms with Crippen LogP contribution in [0.4, 0.5) is 0 Å². The Morgan fingerprint density at radius 1 is 1.38 bits per heavy atom. The maximum atomic E-state index is 12.1. The van der Waals surface area contributed by atoms with Crippen molar-refractivity contribution in [2.24, 2.45) is 0 Å². The number of pyridine rings is 1. The van der Waals surface area contributed by atoms with Crippen LogP contribution < -0.4 is 11.0 Å². The largest absolute Gasteiger partial charge is 0.480 e. The van der Waals surface area contributed by atoms with Gasteiger partial charge in [0, 0.05) is 12.7 Å². The fourth-order valence-corrected chi connectivity index (χ4v) is 2.39. The van der Waals surface area contributed by atoms with E-state index in [1.54, 1.807) is 18.3 Å². The Morgan fingerprint density at radius 2 is 2.10 bits per heavy atom. The topological polar surface area (TPSA) is 88.6 Å². The Balaban J connectivity index is 2.10. The van der Waals surface area contributed by atoms with Crippen molar-refractivity contribution in [2.45, 2.75) is 38.8 Å². The summed E-state index contributed by atoms with van der Waals surface area (Å²) in [5.41, 5.74) is -0.581. The second kappa shape index (κ2) is 6.09. The number of hydrogen-bond donors (Lipinski definition) is 2. The molecule has 0 amide bonds. The predicted molar refractivity (Wildman–Crippen MR) is 78.4 cm³/mol. The number of rotatable bonds is 7. The van der Waals surface area contributed by atoms with Crippen LogP contribution >= 0.6 is 0 Å². The first-order chi connectivity index (χ1) is 10.0. The number of nitrogens with zero attached hydrogens (tertiary/aromatic N) is 3. The summed E-state index contributed by atoms with van der Waals surface area (Å²) >= 11 is 0. The van der Waals surface area contributed by atoms with Crippen molar-refractivity contribution in [1.82, 2.24) is 19.5 Å². The first kappa shape index (κ1) is 15.2. The molecule has 0 aliphatic rings. The van der Waals surface area contributed by atoms with Crippen molar-refractivity contribution in [2.75, 3.05) is 6.54 Å². The van der Waals surface area contributed by atoms with Crippen LogP contribution in [-0.4, -0.2) is 37.3 Å². The molecule has 2 aromatic rings. The summed E-state index contributed by atoms with van der Waals surface area (Å²) < 4.78 is 2.81. The summed E-state index contributed by atoms with van der Waals surface area (Å²) in [6.07, 6.45) is 2.63. The molecule has 7 nitrogen and oxygen atoms in total. The summed E-state index contributed by atoms with van der Waals surface area (Å²) in [4.78, 5) is 23.5. The van der Waals surface area contributed by atoms with E-state index in [1.807, 2.05) is 19.9 Å². The van der Waals surface area contributed by atoms with Crippen LogP contribution in [0.15, 0.2) is 29.2 Å². The fourth-order valence-electron chi connectivity index (χ4n) is 2.39. The molecular weight excluding hydrogens is 272 g/mol. The quantitative estimate of drug-likeness (QED) is 0.785. The lowest BCUT2D eigenvalue weighted by atomic mass is 9.93. The van der Waals surface area contributed by atoms with E-state index in [9.17, 15) is 14.7 Å². The average molecular weight is 292 g/mol. The Labute approximate surface area is 122 Å². The lowest BCUT2D eigenvalue weighted by Gasteiger charge is -2.28. The van der Waals surface area contributed by atoms with Gasteiger partial charge in [0.25, 0.3) is 0 Å². The van der Waals surface area contributed by atoms with Crippen molar-refractivity contribution in [3.63, 3.8) is 0 Å². The molecule has 0 unspecified atom stereocenters. The second-order valence-electron chi connectivity index (χ2n) is 4.96. The van der Waals surface area contributed by atoms with E-state index in [1.165, 1.54) is 9.08 Å². The van der Waals surface area contributed by atoms with Crippen molar-refractivity contribution in [3.8, 4) is 0 Å². The fraction of sp³-hybridized carbons (Fsp3) is 0.500. The molecule has 0 aliphatic carbocycles. The van der Waals surface area contributed by atoms with E-state index >= 15 is 0 Å². The highest BCUT2D eigenvalue weighted by molar-refractivity contribution is 5.78. The molecule has 2 N–H and O–H groups in total. The van der Waals surface area contributed by atoms with Gasteiger partial charge >= 0.3 is 11.7 Å². The van der Waals surface area contributed by atoms with Gasteiger partial charge in [-0.25, -0.2) is 9.48 Å². The van der Waals surface area contributed by atoms with Gasteiger partial charge in [-0.2, -0.15) is 0 Å². The van der Waals surface area contributed by atoms with E-state index in [4.69, 9.17) is 0 Å². The van der Waals surface area contributed by atoms with E-state index in [2.05, 4.69) is 10.4 Å². The van der Waals surface area contributed by atoms with E-state index in [-0.39, 0.29) is 5.69 Å². The smallest absolute Gasteiger partial charge is 0.350 e. The second-order valence-corrected chi connectivity index (χ2v) is 4.96. The third-order valence-corrected chi connectivity index (χ3v) is 3.89. The summed E-state index contributed by atoms with van der Waals surface area (Å²) in [5, 5.41) is 16.6. The van der Waals surface area contributed by atoms with Crippen LogP contribution in [0, 0.1) is 0 Å². The minimum absolute atomic E-state index is 0.221. The van der Waals surface area contributed by atoms with Gasteiger partial charge in [0.2, 0.25) is 0 Å². The van der Waals surface area contributed by atoms with Crippen LogP contribution in [0.3, 0.4) is 0 Å². The van der Waals surface area contributed by atoms with Crippen LogP contribution in [0.5, 0.6) is 0 Å². The monoisotopic (exact) mass is 292 g/mol. The minimum atomic E-state index is -0.942. The van der Waals surface area contributed by atoms with Gasteiger partial charge in [-0.3, -0.25) is 9.20 Å². The normalized spacial score (nSPS) is 11.9. The zero-order valence-electron chi connectivity index (χ0n) is 12.2. The molecule has 0 saturated carbocycles. The zero-order chi connectivity index (χ0) is 15.5. The molecule has 2 heterocycles. The highest BCUT2D eigenvalue weighted by Gasteiger charge is 2.33. The summed E-state index contributed by atoms with van der Waals surface area (Å²) in [6, 6.07) is 5.33. The number of carboxylic acid groups (broad SMARTS) is 1. The van der Waals surface area contributed by atoms with Gasteiger partial charge in [-0.05, 0) is 25.0 Å². The number of aromatic nitrogens is 3. The number of aliphatic carboxylic acids is 1. The SMILES string of the molecule is CCC(CC)(NCCn1nc2ccccn2c1=O)C(=O)O. The van der Waals surface area contributed by atoms with Gasteiger partial charge < -0.3 is 10.4 Å². The first-order valence-electron chi connectivity index (χ1n) is 7.06. The van der Waals surface area contributed by atoms with Gasteiger partial charge in [0.05, 0.1) is 6.54 Å². The maximum absolute atomic E-state index is 12.1. The molecule has 0 spiro atoms. The number of fused-ring (bicyclic) bond motifs is 1. The van der Waals surface area contributed by atoms with Gasteiger partial charge in [-0.15, -0.1) is 5.10 Å². The van der Waals surface area contributed by atoms with Gasteiger partial charge in [0.15, 0.2) is 5.65 Å². The molecule has 114 valence electrons. The van der Waals surface area contributed by atoms with E-state index in [0.29, 0.717) is 31.6 Å². The molecule has 0 saturated heterocycles. The molecule has 0 aliphatic heterocycles. The van der Waals surface area contributed by atoms with Gasteiger partial charge in [-0.1, -0.05) is 19.9 Å². The number of carbonyl (C=O) groups is 1. The first-order valence-corrected chi connectivity index (χ1v) is 7.06. The Bertz CT molecular complexity index is 685. The zero-order valence-corrected chi connectivity index (χ0v) is 12.2. The standard InChI is InChI=1S/C14H20N4O3/c1-3-14(4-2,12(19)20)15-8-10-18-13(21)17-9-6-5-7-11(17)16-18/h5-7,9,15H,3-4,8,10H2,1-2H3,(H,19,20). The lowest BCUT2D eigenvalue weighted by molar-refractivity contribution is -0.145. The number of carboxylic acids is 1. The van der Waals surface area contributed by atoms with Gasteiger partial charge in [0.1, 0.15) is 5.54 Å². The van der Waals surface area contributed by atoms with Crippen LogP contribution in [0.2, 0.25) is 0 Å². The van der Waals surface area contributed by atoms with Crippen molar-refractivity contribution in [1.29, 1.82) is 0 Å². The highest BCUT2D eigenvalue weighted by atomic mass is 16.4. The Morgan fingerprint density at radius 3 is 2.67 bits per heavy atom.